The summed E-state index contributed by atoms with van der Waals surface area (Å²) in [5.74, 6) is -0.986. The molecule has 2 N–H and O–H groups in total. The summed E-state index contributed by atoms with van der Waals surface area (Å²) in [6.07, 6.45) is 1.19. The van der Waals surface area contributed by atoms with E-state index in [1.54, 1.807) is 0 Å². The highest BCUT2D eigenvalue weighted by atomic mass is 16.5. The van der Waals surface area contributed by atoms with E-state index in [4.69, 9.17) is 4.74 Å². The van der Waals surface area contributed by atoms with Crippen LogP contribution >= 0.6 is 0 Å². The minimum atomic E-state index is -1.03. The van der Waals surface area contributed by atoms with Crippen molar-refractivity contribution < 1.29 is 23.9 Å². The average molecular weight is 538 g/mol. The van der Waals surface area contributed by atoms with Crippen LogP contribution in [-0.2, 0) is 19.1 Å². The van der Waals surface area contributed by atoms with E-state index in [9.17, 15) is 14.4 Å². The summed E-state index contributed by atoms with van der Waals surface area (Å²) >= 11 is 0. The van der Waals surface area contributed by atoms with Crippen LogP contribution in [0.5, 0.6) is 0 Å². The predicted octanol–water partition coefficient (Wildman–Crippen LogP) is 4.86. The number of benzene rings is 2. The average Bonchev–Trinajstić information content (AvgIpc) is 3.22. The summed E-state index contributed by atoms with van der Waals surface area (Å²) in [4.78, 5) is 38.8. The number of nitrogens with zero attached hydrogens (tertiary/aromatic N) is 1. The molecule has 0 unspecified atom stereocenters. The molecule has 8 heteroatoms. The van der Waals surface area contributed by atoms with Crippen LogP contribution in [0.1, 0.15) is 70.9 Å². The smallest absolute Gasteiger partial charge is 0.408 e. The van der Waals surface area contributed by atoms with Crippen molar-refractivity contribution in [2.24, 2.45) is 0 Å². The summed E-state index contributed by atoms with van der Waals surface area (Å²) < 4.78 is 10.1. The molecule has 212 valence electrons. The van der Waals surface area contributed by atoms with E-state index in [0.29, 0.717) is 24.9 Å². The van der Waals surface area contributed by atoms with Crippen molar-refractivity contribution in [3.63, 3.8) is 0 Å². The second-order valence-electron chi connectivity index (χ2n) is 10.7. The molecule has 2 aliphatic carbocycles. The molecule has 2 aliphatic rings. The van der Waals surface area contributed by atoms with Crippen molar-refractivity contribution in [3.8, 4) is 11.1 Å². The van der Waals surface area contributed by atoms with Gasteiger partial charge in [0.05, 0.1) is 7.11 Å². The Labute approximate surface area is 232 Å². The monoisotopic (exact) mass is 537 g/mol. The lowest BCUT2D eigenvalue weighted by Gasteiger charge is -2.40. The van der Waals surface area contributed by atoms with Crippen molar-refractivity contribution >= 4 is 18.0 Å². The topological polar surface area (TPSA) is 97.0 Å². The quantitative estimate of drug-likeness (QED) is 0.444. The Balaban J connectivity index is 0.000000403. The third kappa shape index (κ3) is 7.18. The van der Waals surface area contributed by atoms with Crippen LogP contribution in [0.15, 0.2) is 48.5 Å². The maximum absolute atomic E-state index is 12.5. The Kier molecular flexibility index (Phi) is 10.5. The number of nitrogens with one attached hydrogen (secondary N) is 2. The normalized spacial score (nSPS) is 15.0. The molecule has 0 aliphatic heterocycles. The molecule has 2 aromatic carbocycles. The van der Waals surface area contributed by atoms with Crippen LogP contribution in [0.3, 0.4) is 0 Å². The van der Waals surface area contributed by atoms with Crippen molar-refractivity contribution in [2.45, 2.75) is 77.4 Å². The van der Waals surface area contributed by atoms with E-state index in [1.807, 2.05) is 24.3 Å². The van der Waals surface area contributed by atoms with Crippen LogP contribution < -0.4 is 10.6 Å². The maximum atomic E-state index is 12.5. The molecule has 0 bridgehead atoms. The van der Waals surface area contributed by atoms with Gasteiger partial charge in [0.1, 0.15) is 18.7 Å². The van der Waals surface area contributed by atoms with E-state index in [0.717, 1.165) is 35.2 Å². The minimum absolute atomic E-state index is 0.0476. The number of carbonyl (C=O) groups excluding carboxylic acids is 3. The third-order valence-corrected chi connectivity index (χ3v) is 7.64. The Morgan fingerprint density at radius 3 is 1.90 bits per heavy atom. The van der Waals surface area contributed by atoms with Crippen LogP contribution in [-0.4, -0.2) is 67.3 Å². The zero-order valence-electron chi connectivity index (χ0n) is 24.1. The van der Waals surface area contributed by atoms with Gasteiger partial charge in [0.25, 0.3) is 0 Å². The fraction of sp³-hybridized carbons (Fsp3) is 0.516. The van der Waals surface area contributed by atoms with Crippen LogP contribution in [0.2, 0.25) is 0 Å². The molecular formula is C31H43N3O5. The number of hydrogen-bond acceptors (Lipinski definition) is 6. The van der Waals surface area contributed by atoms with Gasteiger partial charge in [0.15, 0.2) is 0 Å². The molecule has 2 amide bonds. The maximum Gasteiger partial charge on any atom is 0.408 e. The zero-order valence-corrected chi connectivity index (χ0v) is 24.1. The van der Waals surface area contributed by atoms with E-state index in [1.165, 1.54) is 7.11 Å². The summed E-state index contributed by atoms with van der Waals surface area (Å²) in [7, 11) is 1.25. The molecule has 1 saturated carbocycles. The van der Waals surface area contributed by atoms with E-state index in [-0.39, 0.29) is 19.1 Å². The summed E-state index contributed by atoms with van der Waals surface area (Å²) in [5, 5.41) is 5.24. The zero-order chi connectivity index (χ0) is 28.6. The summed E-state index contributed by atoms with van der Waals surface area (Å²) in [5.41, 5.74) is 3.53. The van der Waals surface area contributed by atoms with Gasteiger partial charge >= 0.3 is 12.1 Å². The lowest BCUT2D eigenvalue weighted by Crippen LogP contribution is -2.63. The van der Waals surface area contributed by atoms with Gasteiger partial charge in [-0.1, -0.05) is 55.5 Å². The second kappa shape index (κ2) is 13.6. The first-order valence-corrected chi connectivity index (χ1v) is 13.9. The molecule has 0 spiro atoms. The standard InChI is InChI=1S/C23H24N2O5.C8H19N/c1-29-20(26)13-24-21(27)23(11-6-12-23)25-22(28)30-14-19-17-9-4-2-7-15(17)16-8-3-5-10-18(16)19;1-6-9(7(2)3)8(4)5/h2-5,7-10,19H,6,11-14H2,1H3,(H,24,27)(H,25,28);7-8H,6H2,1-5H3. The SMILES string of the molecule is CCN(C(C)C)C(C)C.COC(=O)CNC(=O)C1(NC(=O)OCC2c3ccccc3-c3ccccc32)CCC1. The van der Waals surface area contributed by atoms with Gasteiger partial charge in [-0.15, -0.1) is 0 Å². The molecular weight excluding hydrogens is 494 g/mol. The first-order valence-electron chi connectivity index (χ1n) is 13.9. The number of ether oxygens (including phenoxy) is 2. The van der Waals surface area contributed by atoms with Gasteiger partial charge in [-0.2, -0.15) is 0 Å². The van der Waals surface area contributed by atoms with E-state index in [2.05, 4.69) is 79.2 Å². The molecule has 1 fully saturated rings. The predicted molar refractivity (Wildman–Crippen MR) is 152 cm³/mol. The number of fused-ring (bicyclic) bond motifs is 3. The van der Waals surface area contributed by atoms with Crippen LogP contribution in [0, 0.1) is 0 Å². The number of carbonyl (C=O) groups is 3. The molecule has 0 saturated heterocycles. The van der Waals surface area contributed by atoms with Gasteiger partial charge in [-0.3, -0.25) is 14.5 Å². The first kappa shape index (κ1) is 30.2. The molecule has 2 aromatic rings. The number of alkyl carbamates (subject to hydrolysis) is 1. The lowest BCUT2D eigenvalue weighted by molar-refractivity contribution is -0.142. The van der Waals surface area contributed by atoms with Gasteiger partial charge in [-0.25, -0.2) is 4.79 Å². The molecule has 8 nitrogen and oxygen atoms in total. The molecule has 0 atom stereocenters. The molecule has 4 rings (SSSR count). The number of amides is 2. The Hall–Kier alpha value is -3.39. The lowest BCUT2D eigenvalue weighted by atomic mass is 9.76. The largest absolute Gasteiger partial charge is 0.468 e. The first-order chi connectivity index (χ1) is 18.6. The molecule has 39 heavy (non-hydrogen) atoms. The van der Waals surface area contributed by atoms with E-state index >= 15 is 0 Å². The van der Waals surface area contributed by atoms with Gasteiger partial charge in [0.2, 0.25) is 5.91 Å². The Bertz CT molecular complexity index is 1090. The van der Waals surface area contributed by atoms with Crippen molar-refractivity contribution in [1.29, 1.82) is 0 Å². The number of esters is 1. The van der Waals surface area contributed by atoms with Gasteiger partial charge in [0, 0.05) is 18.0 Å². The Morgan fingerprint density at radius 1 is 0.949 bits per heavy atom. The number of rotatable bonds is 9. The molecule has 0 radical (unpaired) electrons. The second-order valence-corrected chi connectivity index (χ2v) is 10.7. The third-order valence-electron chi connectivity index (χ3n) is 7.64. The van der Waals surface area contributed by atoms with Crippen molar-refractivity contribution in [3.05, 3.63) is 59.7 Å². The van der Waals surface area contributed by atoms with Crippen molar-refractivity contribution in [1.82, 2.24) is 15.5 Å². The summed E-state index contributed by atoms with van der Waals surface area (Å²) in [6, 6.07) is 17.6. The van der Waals surface area contributed by atoms with Gasteiger partial charge in [-0.05, 0) is 75.8 Å². The fourth-order valence-electron chi connectivity index (χ4n) is 5.49. The summed E-state index contributed by atoms with van der Waals surface area (Å²) in [6.45, 7) is 12.3. The van der Waals surface area contributed by atoms with Crippen LogP contribution in [0.25, 0.3) is 11.1 Å². The van der Waals surface area contributed by atoms with Crippen LogP contribution in [0.4, 0.5) is 4.79 Å². The number of hydrogen-bond donors (Lipinski definition) is 2. The highest BCUT2D eigenvalue weighted by molar-refractivity contribution is 5.92. The highest BCUT2D eigenvalue weighted by Gasteiger charge is 2.46. The van der Waals surface area contributed by atoms with Gasteiger partial charge < -0.3 is 20.1 Å². The molecule has 0 aromatic heterocycles. The van der Waals surface area contributed by atoms with Crippen molar-refractivity contribution in [2.75, 3.05) is 26.8 Å². The Morgan fingerprint density at radius 2 is 1.49 bits per heavy atom. The number of methoxy groups -OCH3 is 1. The fourth-order valence-corrected chi connectivity index (χ4v) is 5.49. The van der Waals surface area contributed by atoms with E-state index < -0.39 is 23.5 Å². The molecule has 0 heterocycles. The minimum Gasteiger partial charge on any atom is -0.468 e. The highest BCUT2D eigenvalue weighted by Crippen LogP contribution is 2.44.